The van der Waals surface area contributed by atoms with Crippen LogP contribution >= 0.6 is 0 Å². The second kappa shape index (κ2) is 4.22. The molecule has 3 heteroatoms. The van der Waals surface area contributed by atoms with Crippen LogP contribution in [0.2, 0.25) is 0 Å². The molecular weight excluding hydrogens is 214 g/mol. The van der Waals surface area contributed by atoms with Gasteiger partial charge in [0.1, 0.15) is 0 Å². The van der Waals surface area contributed by atoms with Gasteiger partial charge in [-0.2, -0.15) is 0 Å². The number of ether oxygens (including phenoxy) is 1. The molecule has 0 radical (unpaired) electrons. The molecule has 0 bridgehead atoms. The van der Waals surface area contributed by atoms with Crippen LogP contribution in [0.5, 0.6) is 11.5 Å². The van der Waals surface area contributed by atoms with Gasteiger partial charge in [-0.05, 0) is 62.9 Å². The number of hydrogen-bond acceptors (Lipinski definition) is 3. The van der Waals surface area contributed by atoms with E-state index < -0.39 is 0 Å². The van der Waals surface area contributed by atoms with Crippen molar-refractivity contribution >= 4 is 0 Å². The molecule has 1 aromatic carbocycles. The average Bonchev–Trinajstić information content (AvgIpc) is 2.74. The standard InChI is InChI=1S/C14H21NO2/c1-9-10(2)13(16)12(17-4)8-11(9)14(3)6-5-7-15-14/h8,15-16H,5-7H2,1-4H3. The van der Waals surface area contributed by atoms with E-state index in [-0.39, 0.29) is 11.3 Å². The van der Waals surface area contributed by atoms with Crippen LogP contribution in [-0.4, -0.2) is 18.8 Å². The zero-order valence-electron chi connectivity index (χ0n) is 11.1. The summed E-state index contributed by atoms with van der Waals surface area (Å²) in [5.41, 5.74) is 3.31. The topological polar surface area (TPSA) is 41.5 Å². The molecule has 3 nitrogen and oxygen atoms in total. The predicted molar refractivity (Wildman–Crippen MR) is 68.7 cm³/mol. The lowest BCUT2D eigenvalue weighted by Gasteiger charge is -2.28. The third-order valence-electron chi connectivity index (χ3n) is 4.01. The second-order valence-corrected chi connectivity index (χ2v) is 5.09. The number of methoxy groups -OCH3 is 1. The van der Waals surface area contributed by atoms with E-state index >= 15 is 0 Å². The Hall–Kier alpha value is -1.22. The van der Waals surface area contributed by atoms with Crippen LogP contribution in [0.1, 0.15) is 36.5 Å². The normalized spacial score (nSPS) is 24.0. The average molecular weight is 235 g/mol. The molecule has 2 N–H and O–H groups in total. The summed E-state index contributed by atoms with van der Waals surface area (Å²) in [7, 11) is 1.60. The van der Waals surface area contributed by atoms with Crippen molar-refractivity contribution in [1.29, 1.82) is 0 Å². The molecule has 17 heavy (non-hydrogen) atoms. The number of aromatic hydroxyl groups is 1. The van der Waals surface area contributed by atoms with Crippen molar-refractivity contribution in [3.8, 4) is 11.5 Å². The van der Waals surface area contributed by atoms with Gasteiger partial charge < -0.3 is 15.2 Å². The number of hydrogen-bond donors (Lipinski definition) is 2. The highest BCUT2D eigenvalue weighted by Gasteiger charge is 2.32. The van der Waals surface area contributed by atoms with Gasteiger partial charge in [0.25, 0.3) is 0 Å². The van der Waals surface area contributed by atoms with E-state index in [1.54, 1.807) is 7.11 Å². The molecule has 1 fully saturated rings. The summed E-state index contributed by atoms with van der Waals surface area (Å²) in [6.45, 7) is 7.28. The molecule has 0 aromatic heterocycles. The Labute approximate surface area is 103 Å². The molecule has 1 aliphatic heterocycles. The Morgan fingerprint density at radius 1 is 1.35 bits per heavy atom. The summed E-state index contributed by atoms with van der Waals surface area (Å²) in [5.74, 6) is 0.827. The van der Waals surface area contributed by atoms with Crippen LogP contribution in [0.25, 0.3) is 0 Å². The Bertz CT molecular complexity index is 434. The van der Waals surface area contributed by atoms with Crippen LogP contribution in [0.3, 0.4) is 0 Å². The fraction of sp³-hybridized carbons (Fsp3) is 0.571. The minimum absolute atomic E-state index is 0.00975. The monoisotopic (exact) mass is 235 g/mol. The summed E-state index contributed by atoms with van der Waals surface area (Å²) in [5, 5.41) is 13.5. The molecule has 1 heterocycles. The Morgan fingerprint density at radius 3 is 2.59 bits per heavy atom. The number of benzene rings is 1. The van der Waals surface area contributed by atoms with Gasteiger partial charge in [-0.3, -0.25) is 0 Å². The summed E-state index contributed by atoms with van der Waals surface area (Å²) in [6, 6.07) is 1.97. The highest BCUT2D eigenvalue weighted by molar-refractivity contribution is 5.54. The van der Waals surface area contributed by atoms with Crippen molar-refractivity contribution in [1.82, 2.24) is 5.32 Å². The lowest BCUT2D eigenvalue weighted by molar-refractivity contribution is 0.365. The van der Waals surface area contributed by atoms with Crippen LogP contribution < -0.4 is 10.1 Å². The maximum atomic E-state index is 9.98. The fourth-order valence-corrected chi connectivity index (χ4v) is 2.73. The summed E-state index contributed by atoms with van der Waals surface area (Å²) >= 11 is 0. The smallest absolute Gasteiger partial charge is 0.161 e. The second-order valence-electron chi connectivity index (χ2n) is 5.09. The number of nitrogens with one attached hydrogen (secondary N) is 1. The number of phenols is 1. The molecule has 0 saturated carbocycles. The molecule has 1 unspecified atom stereocenters. The summed E-state index contributed by atoms with van der Waals surface area (Å²) in [6.07, 6.45) is 2.32. The molecule has 94 valence electrons. The van der Waals surface area contributed by atoms with Gasteiger partial charge in [-0.1, -0.05) is 0 Å². The molecule has 1 aromatic rings. The zero-order chi connectivity index (χ0) is 12.6. The van der Waals surface area contributed by atoms with Crippen LogP contribution in [0, 0.1) is 13.8 Å². The van der Waals surface area contributed by atoms with Gasteiger partial charge in [0.2, 0.25) is 0 Å². The molecule has 1 atom stereocenters. The quantitative estimate of drug-likeness (QED) is 0.828. The number of rotatable bonds is 2. The van der Waals surface area contributed by atoms with E-state index in [2.05, 4.69) is 19.2 Å². The zero-order valence-corrected chi connectivity index (χ0v) is 11.1. The van der Waals surface area contributed by atoms with Crippen molar-refractivity contribution in [3.63, 3.8) is 0 Å². The lowest BCUT2D eigenvalue weighted by atomic mass is 9.85. The van der Waals surface area contributed by atoms with E-state index in [9.17, 15) is 5.11 Å². The van der Waals surface area contributed by atoms with Crippen molar-refractivity contribution in [3.05, 3.63) is 22.8 Å². The lowest BCUT2D eigenvalue weighted by Crippen LogP contribution is -2.34. The SMILES string of the molecule is COc1cc(C2(C)CCCN2)c(C)c(C)c1O. The summed E-state index contributed by atoms with van der Waals surface area (Å²) in [4.78, 5) is 0. The largest absolute Gasteiger partial charge is 0.504 e. The van der Waals surface area contributed by atoms with Crippen molar-refractivity contribution in [2.75, 3.05) is 13.7 Å². The van der Waals surface area contributed by atoms with E-state index in [4.69, 9.17) is 4.74 Å². The van der Waals surface area contributed by atoms with E-state index in [0.29, 0.717) is 5.75 Å². The first-order chi connectivity index (χ1) is 7.99. The molecule has 1 saturated heterocycles. The van der Waals surface area contributed by atoms with Crippen molar-refractivity contribution in [2.24, 2.45) is 0 Å². The Kier molecular flexibility index (Phi) is 3.04. The van der Waals surface area contributed by atoms with Gasteiger partial charge in [0.15, 0.2) is 11.5 Å². The van der Waals surface area contributed by atoms with Gasteiger partial charge in [0, 0.05) is 5.54 Å². The molecule has 2 rings (SSSR count). The third kappa shape index (κ3) is 1.89. The molecule has 0 spiro atoms. The maximum Gasteiger partial charge on any atom is 0.161 e. The van der Waals surface area contributed by atoms with Gasteiger partial charge >= 0.3 is 0 Å². The molecule has 0 aliphatic carbocycles. The van der Waals surface area contributed by atoms with Gasteiger partial charge in [-0.15, -0.1) is 0 Å². The summed E-state index contributed by atoms with van der Waals surface area (Å²) < 4.78 is 5.25. The Morgan fingerprint density at radius 2 is 2.06 bits per heavy atom. The van der Waals surface area contributed by atoms with E-state index in [1.165, 1.54) is 12.0 Å². The first kappa shape index (κ1) is 12.2. The highest BCUT2D eigenvalue weighted by Crippen LogP contribution is 2.40. The van der Waals surface area contributed by atoms with Crippen molar-refractivity contribution < 1.29 is 9.84 Å². The van der Waals surface area contributed by atoms with Gasteiger partial charge in [-0.25, -0.2) is 0 Å². The molecular formula is C14H21NO2. The number of phenolic OH excluding ortho intramolecular Hbond substituents is 1. The van der Waals surface area contributed by atoms with Crippen LogP contribution in [-0.2, 0) is 5.54 Å². The maximum absolute atomic E-state index is 9.98. The molecule has 1 aliphatic rings. The fourth-order valence-electron chi connectivity index (χ4n) is 2.73. The van der Waals surface area contributed by atoms with Crippen LogP contribution in [0.4, 0.5) is 0 Å². The minimum atomic E-state index is 0.00975. The first-order valence-corrected chi connectivity index (χ1v) is 6.12. The van der Waals surface area contributed by atoms with Crippen LogP contribution in [0.15, 0.2) is 6.07 Å². The van der Waals surface area contributed by atoms with E-state index in [1.807, 2.05) is 13.0 Å². The minimum Gasteiger partial charge on any atom is -0.504 e. The highest BCUT2D eigenvalue weighted by atomic mass is 16.5. The Balaban J connectivity index is 2.57. The first-order valence-electron chi connectivity index (χ1n) is 6.12. The van der Waals surface area contributed by atoms with Gasteiger partial charge in [0.05, 0.1) is 7.11 Å². The third-order valence-corrected chi connectivity index (χ3v) is 4.01. The van der Waals surface area contributed by atoms with Crippen molar-refractivity contribution in [2.45, 2.75) is 39.2 Å². The predicted octanol–water partition coefficient (Wildman–Crippen LogP) is 2.62. The molecule has 0 amide bonds. The van der Waals surface area contributed by atoms with E-state index in [0.717, 1.165) is 24.1 Å².